The van der Waals surface area contributed by atoms with Crippen LogP contribution in [0.5, 0.6) is 0 Å². The van der Waals surface area contributed by atoms with E-state index in [2.05, 4.69) is 67.5 Å². The average Bonchev–Trinajstić information content (AvgIpc) is 2.42. The molecule has 0 bridgehead atoms. The number of hydrogen-bond acceptors (Lipinski definition) is 3. The van der Waals surface area contributed by atoms with Crippen molar-refractivity contribution in [1.29, 1.82) is 0 Å². The number of hydrogen-bond donors (Lipinski definition) is 0. The Bertz CT molecular complexity index is 464. The minimum absolute atomic E-state index is 0.0535. The van der Waals surface area contributed by atoms with Gasteiger partial charge in [0.2, 0.25) is 0 Å². The second-order valence-corrected chi connectivity index (χ2v) is 11.4. The molecule has 152 valence electrons. The zero-order valence-corrected chi connectivity index (χ0v) is 18.7. The van der Waals surface area contributed by atoms with Crippen LogP contribution in [-0.4, -0.2) is 36.2 Å². The molecule has 4 heteroatoms. The van der Waals surface area contributed by atoms with Crippen molar-refractivity contribution in [3.8, 4) is 0 Å². The molecule has 0 aromatic heterocycles. The van der Waals surface area contributed by atoms with Crippen LogP contribution in [0, 0.1) is 22.2 Å². The highest BCUT2D eigenvalue weighted by Crippen LogP contribution is 2.34. The van der Waals surface area contributed by atoms with Gasteiger partial charge in [0.15, 0.2) is 6.61 Å². The van der Waals surface area contributed by atoms with E-state index in [-0.39, 0.29) is 23.3 Å². The SMILES string of the molecule is CC(C)(C)CC(CC(C)(C)C)=NOCC(=O)N1CCC(C(C)(C)C)CC1. The third-order valence-electron chi connectivity index (χ3n) is 4.92. The Balaban J connectivity index is 2.55. The lowest BCUT2D eigenvalue weighted by atomic mass is 9.75. The van der Waals surface area contributed by atoms with Crippen molar-refractivity contribution >= 4 is 11.6 Å². The Morgan fingerprint density at radius 2 is 1.38 bits per heavy atom. The first-order valence-corrected chi connectivity index (χ1v) is 10.1. The summed E-state index contributed by atoms with van der Waals surface area (Å²) in [7, 11) is 0. The third-order valence-corrected chi connectivity index (χ3v) is 4.92. The maximum Gasteiger partial charge on any atom is 0.263 e. The van der Waals surface area contributed by atoms with Crippen molar-refractivity contribution in [1.82, 2.24) is 4.90 Å². The van der Waals surface area contributed by atoms with E-state index in [0.717, 1.165) is 44.5 Å². The predicted molar refractivity (Wildman–Crippen MR) is 110 cm³/mol. The van der Waals surface area contributed by atoms with Crippen molar-refractivity contribution in [3.63, 3.8) is 0 Å². The van der Waals surface area contributed by atoms with Crippen molar-refractivity contribution in [2.45, 2.75) is 88.0 Å². The van der Waals surface area contributed by atoms with Crippen molar-refractivity contribution in [2.75, 3.05) is 19.7 Å². The zero-order chi connectivity index (χ0) is 20.2. The number of carbonyl (C=O) groups excluding carboxylic acids is 1. The number of piperidine rings is 1. The van der Waals surface area contributed by atoms with E-state index in [1.807, 2.05) is 4.90 Å². The summed E-state index contributed by atoms with van der Waals surface area (Å²) in [5, 5.41) is 4.35. The summed E-state index contributed by atoms with van der Waals surface area (Å²) in [5.41, 5.74) is 1.69. The maximum absolute atomic E-state index is 12.4. The molecule has 1 fully saturated rings. The Morgan fingerprint density at radius 1 is 0.923 bits per heavy atom. The molecule has 4 nitrogen and oxygen atoms in total. The third kappa shape index (κ3) is 9.05. The molecule has 26 heavy (non-hydrogen) atoms. The van der Waals surface area contributed by atoms with E-state index in [4.69, 9.17) is 4.84 Å². The quantitative estimate of drug-likeness (QED) is 0.475. The lowest BCUT2D eigenvalue weighted by Gasteiger charge is -2.38. The van der Waals surface area contributed by atoms with Crippen LogP contribution < -0.4 is 0 Å². The Kier molecular flexibility index (Phi) is 7.74. The summed E-state index contributed by atoms with van der Waals surface area (Å²) >= 11 is 0. The van der Waals surface area contributed by atoms with Gasteiger partial charge in [-0.15, -0.1) is 0 Å². The van der Waals surface area contributed by atoms with Gasteiger partial charge in [-0.25, -0.2) is 0 Å². The number of rotatable bonds is 5. The Hall–Kier alpha value is -1.06. The Labute approximate surface area is 161 Å². The molecule has 0 saturated carbocycles. The van der Waals surface area contributed by atoms with E-state index in [9.17, 15) is 4.79 Å². The fourth-order valence-electron chi connectivity index (χ4n) is 3.62. The van der Waals surface area contributed by atoms with Crippen molar-refractivity contribution in [3.05, 3.63) is 0 Å². The van der Waals surface area contributed by atoms with Gasteiger partial charge in [-0.1, -0.05) is 67.5 Å². The molecule has 0 aromatic rings. The number of amides is 1. The minimum Gasteiger partial charge on any atom is -0.386 e. The molecule has 1 aliphatic rings. The minimum atomic E-state index is 0.0535. The maximum atomic E-state index is 12.4. The molecule has 1 heterocycles. The van der Waals surface area contributed by atoms with Gasteiger partial charge in [0.25, 0.3) is 5.91 Å². The van der Waals surface area contributed by atoms with Gasteiger partial charge in [-0.2, -0.15) is 0 Å². The van der Waals surface area contributed by atoms with Crippen LogP contribution in [0.15, 0.2) is 5.16 Å². The van der Waals surface area contributed by atoms with Gasteiger partial charge >= 0.3 is 0 Å². The molecule has 0 aromatic carbocycles. The van der Waals surface area contributed by atoms with Crippen LogP contribution in [0.4, 0.5) is 0 Å². The summed E-state index contributed by atoms with van der Waals surface area (Å²) in [6, 6.07) is 0. The van der Waals surface area contributed by atoms with Crippen molar-refractivity contribution < 1.29 is 9.63 Å². The average molecular weight is 367 g/mol. The van der Waals surface area contributed by atoms with Gasteiger partial charge < -0.3 is 9.74 Å². The number of oxime groups is 1. The second kappa shape index (κ2) is 8.75. The highest BCUT2D eigenvalue weighted by Gasteiger charge is 2.30. The number of carbonyl (C=O) groups is 1. The van der Waals surface area contributed by atoms with E-state index in [1.54, 1.807) is 0 Å². The van der Waals surface area contributed by atoms with E-state index in [0.29, 0.717) is 11.3 Å². The molecular weight excluding hydrogens is 324 g/mol. The van der Waals surface area contributed by atoms with Crippen LogP contribution in [0.3, 0.4) is 0 Å². The van der Waals surface area contributed by atoms with E-state index >= 15 is 0 Å². The fourth-order valence-corrected chi connectivity index (χ4v) is 3.62. The zero-order valence-electron chi connectivity index (χ0n) is 18.7. The fraction of sp³-hybridized carbons (Fsp3) is 0.909. The summed E-state index contributed by atoms with van der Waals surface area (Å²) in [5.74, 6) is 0.752. The molecule has 0 N–H and O–H groups in total. The molecule has 1 saturated heterocycles. The lowest BCUT2D eigenvalue weighted by Crippen LogP contribution is -2.42. The second-order valence-electron chi connectivity index (χ2n) is 11.4. The Morgan fingerprint density at radius 3 is 1.77 bits per heavy atom. The summed E-state index contributed by atoms with van der Waals surface area (Å²) in [6.45, 7) is 21.8. The molecule has 1 rings (SSSR count). The highest BCUT2D eigenvalue weighted by atomic mass is 16.6. The first-order chi connectivity index (χ1) is 11.7. The normalized spacial score (nSPS) is 17.2. The van der Waals surface area contributed by atoms with Gasteiger partial charge in [-0.05, 0) is 47.8 Å². The van der Waals surface area contributed by atoms with E-state index < -0.39 is 0 Å². The number of likely N-dealkylation sites (tertiary alicyclic amines) is 1. The monoisotopic (exact) mass is 366 g/mol. The van der Waals surface area contributed by atoms with Crippen LogP contribution in [-0.2, 0) is 9.63 Å². The first kappa shape index (κ1) is 23.0. The molecule has 1 amide bonds. The topological polar surface area (TPSA) is 41.9 Å². The molecule has 0 unspecified atom stereocenters. The molecule has 0 spiro atoms. The largest absolute Gasteiger partial charge is 0.386 e. The van der Waals surface area contributed by atoms with E-state index in [1.165, 1.54) is 0 Å². The first-order valence-electron chi connectivity index (χ1n) is 10.1. The van der Waals surface area contributed by atoms with Crippen LogP contribution in [0.1, 0.15) is 88.0 Å². The summed E-state index contributed by atoms with van der Waals surface area (Å²) in [6.07, 6.45) is 3.93. The van der Waals surface area contributed by atoms with Gasteiger partial charge in [0.05, 0.1) is 5.71 Å². The predicted octanol–water partition coefficient (Wildman–Crippen LogP) is 5.52. The standard InChI is InChI=1S/C22H42N2O2/c1-20(2,3)14-18(15-21(4,5)6)23-26-16-19(25)24-12-10-17(11-13-24)22(7,8)9/h17H,10-16H2,1-9H3. The highest BCUT2D eigenvalue weighted by molar-refractivity contribution is 5.85. The number of nitrogens with zero attached hydrogens (tertiary/aromatic N) is 2. The lowest BCUT2D eigenvalue weighted by molar-refractivity contribution is -0.138. The summed E-state index contributed by atoms with van der Waals surface area (Å²) < 4.78 is 0. The molecule has 0 atom stereocenters. The van der Waals surface area contributed by atoms with Gasteiger partial charge in [0.1, 0.15) is 0 Å². The molecule has 0 aliphatic carbocycles. The van der Waals surface area contributed by atoms with Gasteiger partial charge in [-0.3, -0.25) is 4.79 Å². The van der Waals surface area contributed by atoms with Gasteiger partial charge in [0, 0.05) is 13.1 Å². The van der Waals surface area contributed by atoms with Crippen LogP contribution in [0.25, 0.3) is 0 Å². The molecule has 1 aliphatic heterocycles. The van der Waals surface area contributed by atoms with Crippen LogP contribution >= 0.6 is 0 Å². The van der Waals surface area contributed by atoms with Crippen molar-refractivity contribution in [2.24, 2.45) is 27.3 Å². The molecular formula is C22H42N2O2. The smallest absolute Gasteiger partial charge is 0.263 e. The van der Waals surface area contributed by atoms with Crippen LogP contribution in [0.2, 0.25) is 0 Å². The molecule has 0 radical (unpaired) electrons. The summed E-state index contributed by atoms with van der Waals surface area (Å²) in [4.78, 5) is 19.9.